The molecule has 0 aliphatic rings. The van der Waals surface area contributed by atoms with Crippen LogP contribution in [0.15, 0.2) is 18.2 Å². The van der Waals surface area contributed by atoms with Gasteiger partial charge in [0.15, 0.2) is 0 Å². The summed E-state index contributed by atoms with van der Waals surface area (Å²) in [5.41, 5.74) is -0.628. The van der Waals surface area contributed by atoms with Crippen LogP contribution < -0.4 is 5.32 Å². The van der Waals surface area contributed by atoms with E-state index in [9.17, 15) is 4.39 Å². The van der Waals surface area contributed by atoms with Crippen LogP contribution in [0.1, 0.15) is 12.5 Å². The average molecular weight is 224 g/mol. The molecule has 5 heteroatoms. The molecule has 86 valence electrons. The molecule has 0 unspecified atom stereocenters. The highest BCUT2D eigenvalue weighted by Crippen LogP contribution is 2.19. The lowest BCUT2D eigenvalue weighted by molar-refractivity contribution is 0.147. The number of hydrogen-bond donors (Lipinski definition) is 3. The fraction of sp³-hybridized carbons (Fsp3) is 0.364. The Balaban J connectivity index is 2.94. The minimum atomic E-state index is -0.991. The van der Waals surface area contributed by atoms with Crippen LogP contribution >= 0.6 is 0 Å². The lowest BCUT2D eigenvalue weighted by atomic mass is 10.0. The van der Waals surface area contributed by atoms with Gasteiger partial charge in [-0.05, 0) is 25.1 Å². The summed E-state index contributed by atoms with van der Waals surface area (Å²) in [4.78, 5) is 0. The summed E-state index contributed by atoms with van der Waals surface area (Å²) in [7, 11) is 0. The molecule has 1 aromatic rings. The number of hydrogen-bond acceptors (Lipinski definition) is 4. The smallest absolute Gasteiger partial charge is 0.147 e. The molecule has 0 saturated heterocycles. The molecule has 4 nitrogen and oxygen atoms in total. The van der Waals surface area contributed by atoms with Gasteiger partial charge in [-0.2, -0.15) is 5.26 Å². The van der Waals surface area contributed by atoms with E-state index in [0.29, 0.717) is 0 Å². The van der Waals surface area contributed by atoms with Gasteiger partial charge in [0.1, 0.15) is 5.82 Å². The van der Waals surface area contributed by atoms with Crippen LogP contribution in [0.25, 0.3) is 0 Å². The minimum Gasteiger partial charge on any atom is -0.394 e. The molecular weight excluding hydrogens is 211 g/mol. The van der Waals surface area contributed by atoms with E-state index in [0.717, 1.165) is 6.07 Å². The van der Waals surface area contributed by atoms with Crippen LogP contribution in [-0.2, 0) is 0 Å². The van der Waals surface area contributed by atoms with Crippen LogP contribution in [-0.4, -0.2) is 29.0 Å². The van der Waals surface area contributed by atoms with Gasteiger partial charge in [-0.1, -0.05) is 0 Å². The van der Waals surface area contributed by atoms with Crippen molar-refractivity contribution in [2.75, 3.05) is 18.5 Å². The van der Waals surface area contributed by atoms with E-state index < -0.39 is 11.4 Å². The Labute approximate surface area is 93.0 Å². The Kier molecular flexibility index (Phi) is 3.82. The molecule has 0 radical (unpaired) electrons. The van der Waals surface area contributed by atoms with E-state index in [1.807, 2.05) is 6.07 Å². The third kappa shape index (κ3) is 2.69. The van der Waals surface area contributed by atoms with Gasteiger partial charge >= 0.3 is 0 Å². The van der Waals surface area contributed by atoms with Gasteiger partial charge in [-0.15, -0.1) is 0 Å². The van der Waals surface area contributed by atoms with Crippen molar-refractivity contribution in [2.45, 2.75) is 12.5 Å². The molecule has 0 amide bonds. The number of halogens is 1. The fourth-order valence-corrected chi connectivity index (χ4v) is 1.14. The van der Waals surface area contributed by atoms with Gasteiger partial charge in [0, 0.05) is 0 Å². The highest BCUT2D eigenvalue weighted by molar-refractivity contribution is 5.50. The lowest BCUT2D eigenvalue weighted by Crippen LogP contribution is -2.42. The first-order valence-electron chi connectivity index (χ1n) is 4.74. The topological polar surface area (TPSA) is 76.3 Å². The second-order valence-corrected chi connectivity index (χ2v) is 3.81. The monoisotopic (exact) mass is 224 g/mol. The molecule has 0 spiro atoms. The number of rotatable bonds is 4. The summed E-state index contributed by atoms with van der Waals surface area (Å²) in [6.07, 6.45) is 0. The molecule has 0 aromatic heterocycles. The summed E-state index contributed by atoms with van der Waals surface area (Å²) in [6, 6.07) is 5.77. The predicted molar refractivity (Wildman–Crippen MR) is 57.3 cm³/mol. The highest BCUT2D eigenvalue weighted by Gasteiger charge is 2.23. The first kappa shape index (κ1) is 12.4. The Morgan fingerprint density at radius 2 is 2.06 bits per heavy atom. The predicted octanol–water partition coefficient (Wildman–Crippen LogP) is 0.853. The van der Waals surface area contributed by atoms with E-state index in [1.165, 1.54) is 12.1 Å². The zero-order valence-electron chi connectivity index (χ0n) is 8.87. The van der Waals surface area contributed by atoms with Gasteiger partial charge in [-0.3, -0.25) is 0 Å². The Morgan fingerprint density at radius 1 is 1.44 bits per heavy atom. The van der Waals surface area contributed by atoms with E-state index in [2.05, 4.69) is 5.32 Å². The SMILES string of the molecule is CC(CO)(CO)Nc1ccc(C#N)cc1F. The van der Waals surface area contributed by atoms with Crippen LogP contribution in [0.3, 0.4) is 0 Å². The minimum absolute atomic E-state index is 0.143. The average Bonchev–Trinajstić information content (AvgIpc) is 2.31. The first-order valence-corrected chi connectivity index (χ1v) is 4.74. The third-order valence-electron chi connectivity index (χ3n) is 2.23. The Hall–Kier alpha value is -1.64. The van der Waals surface area contributed by atoms with Crippen molar-refractivity contribution in [2.24, 2.45) is 0 Å². The standard InChI is InChI=1S/C11H13FN2O2/c1-11(6-15,7-16)14-10-3-2-8(5-13)4-9(10)12/h2-4,14-16H,6-7H2,1H3. The molecular formula is C11H13FN2O2. The molecule has 1 aromatic carbocycles. The summed E-state index contributed by atoms with van der Waals surface area (Å²) >= 11 is 0. The van der Waals surface area contributed by atoms with Gasteiger partial charge in [0.25, 0.3) is 0 Å². The Morgan fingerprint density at radius 3 is 2.50 bits per heavy atom. The van der Waals surface area contributed by atoms with Crippen LogP contribution in [0.5, 0.6) is 0 Å². The van der Waals surface area contributed by atoms with E-state index in [1.54, 1.807) is 6.92 Å². The maximum Gasteiger partial charge on any atom is 0.147 e. The molecule has 0 fully saturated rings. The molecule has 0 bridgehead atoms. The molecule has 0 aliphatic carbocycles. The normalized spacial score (nSPS) is 10.9. The lowest BCUT2D eigenvalue weighted by Gasteiger charge is -2.27. The number of nitrogens with zero attached hydrogens (tertiary/aromatic N) is 1. The van der Waals surface area contributed by atoms with Crippen LogP contribution in [0.2, 0.25) is 0 Å². The zero-order valence-corrected chi connectivity index (χ0v) is 8.87. The van der Waals surface area contributed by atoms with Crippen LogP contribution in [0.4, 0.5) is 10.1 Å². The van der Waals surface area contributed by atoms with Crippen molar-refractivity contribution in [1.82, 2.24) is 0 Å². The molecule has 0 atom stereocenters. The number of benzene rings is 1. The number of nitriles is 1. The van der Waals surface area contributed by atoms with E-state index in [4.69, 9.17) is 15.5 Å². The second kappa shape index (κ2) is 4.92. The third-order valence-corrected chi connectivity index (χ3v) is 2.23. The summed E-state index contributed by atoms with van der Waals surface area (Å²) in [6.45, 7) is 0.899. The fourth-order valence-electron chi connectivity index (χ4n) is 1.14. The van der Waals surface area contributed by atoms with Crippen molar-refractivity contribution < 1.29 is 14.6 Å². The van der Waals surface area contributed by atoms with Gasteiger partial charge in [-0.25, -0.2) is 4.39 Å². The van der Waals surface area contributed by atoms with Gasteiger partial charge in [0.05, 0.1) is 36.1 Å². The van der Waals surface area contributed by atoms with Crippen molar-refractivity contribution in [3.8, 4) is 6.07 Å². The van der Waals surface area contributed by atoms with Crippen molar-refractivity contribution in [3.63, 3.8) is 0 Å². The van der Waals surface area contributed by atoms with E-state index in [-0.39, 0.29) is 24.5 Å². The maximum absolute atomic E-state index is 13.5. The van der Waals surface area contributed by atoms with Gasteiger partial charge in [0.2, 0.25) is 0 Å². The largest absolute Gasteiger partial charge is 0.394 e. The molecule has 0 heterocycles. The second-order valence-electron chi connectivity index (χ2n) is 3.81. The van der Waals surface area contributed by atoms with Crippen molar-refractivity contribution in [3.05, 3.63) is 29.6 Å². The quantitative estimate of drug-likeness (QED) is 0.708. The Bertz CT molecular complexity index is 411. The van der Waals surface area contributed by atoms with E-state index >= 15 is 0 Å². The highest BCUT2D eigenvalue weighted by atomic mass is 19.1. The molecule has 16 heavy (non-hydrogen) atoms. The molecule has 3 N–H and O–H groups in total. The summed E-state index contributed by atoms with van der Waals surface area (Å²) in [5.74, 6) is -0.591. The summed E-state index contributed by atoms with van der Waals surface area (Å²) in [5, 5.41) is 29.3. The van der Waals surface area contributed by atoms with Crippen LogP contribution in [0, 0.1) is 17.1 Å². The zero-order chi connectivity index (χ0) is 12.2. The number of aliphatic hydroxyl groups excluding tert-OH is 2. The molecule has 0 saturated carbocycles. The van der Waals surface area contributed by atoms with Crippen molar-refractivity contribution >= 4 is 5.69 Å². The van der Waals surface area contributed by atoms with Crippen molar-refractivity contribution in [1.29, 1.82) is 5.26 Å². The summed E-state index contributed by atoms with van der Waals surface area (Å²) < 4.78 is 13.5. The number of aliphatic hydroxyl groups is 2. The number of anilines is 1. The molecule has 0 aliphatic heterocycles. The molecule has 1 rings (SSSR count). The van der Waals surface area contributed by atoms with Gasteiger partial charge < -0.3 is 15.5 Å². The number of nitrogens with one attached hydrogen (secondary N) is 1. The first-order chi connectivity index (χ1) is 7.54. The maximum atomic E-state index is 13.5.